The van der Waals surface area contributed by atoms with Crippen LogP contribution in [-0.4, -0.2) is 46.4 Å². The van der Waals surface area contributed by atoms with Crippen molar-refractivity contribution in [2.24, 2.45) is 5.41 Å². The van der Waals surface area contributed by atoms with Crippen molar-refractivity contribution >= 4 is 5.91 Å². The van der Waals surface area contributed by atoms with Gasteiger partial charge in [-0.1, -0.05) is 18.2 Å². The SMILES string of the molecule is COCC1(CNC(=O)C2(c3ccccc3OC)CC2)CCNCC1. The Balaban J connectivity index is 1.70. The number of hydrogen-bond donors (Lipinski definition) is 2. The highest BCUT2D eigenvalue weighted by molar-refractivity contribution is 5.92. The molecule has 24 heavy (non-hydrogen) atoms. The third kappa shape index (κ3) is 3.28. The van der Waals surface area contributed by atoms with Crippen LogP contribution in [0.5, 0.6) is 5.75 Å². The maximum atomic E-state index is 13.0. The Hall–Kier alpha value is -1.59. The first-order chi connectivity index (χ1) is 11.7. The number of amides is 1. The Morgan fingerprint density at radius 3 is 2.50 bits per heavy atom. The Kier molecular flexibility index (Phi) is 5.11. The smallest absolute Gasteiger partial charge is 0.230 e. The molecule has 2 aliphatic rings. The zero-order chi connectivity index (χ0) is 17.0. The van der Waals surface area contributed by atoms with E-state index < -0.39 is 5.41 Å². The van der Waals surface area contributed by atoms with Crippen molar-refractivity contribution in [2.75, 3.05) is 40.5 Å². The minimum atomic E-state index is -0.409. The average Bonchev–Trinajstić information content (AvgIpc) is 3.43. The Morgan fingerprint density at radius 2 is 1.88 bits per heavy atom. The van der Waals surface area contributed by atoms with E-state index in [9.17, 15) is 4.79 Å². The molecule has 1 aromatic carbocycles. The first-order valence-corrected chi connectivity index (χ1v) is 8.77. The molecule has 0 bridgehead atoms. The van der Waals surface area contributed by atoms with Crippen molar-refractivity contribution < 1.29 is 14.3 Å². The first-order valence-electron chi connectivity index (χ1n) is 8.77. The van der Waals surface area contributed by atoms with E-state index in [0.717, 1.165) is 50.1 Å². The third-order valence-electron chi connectivity index (χ3n) is 5.55. The Labute approximate surface area is 144 Å². The maximum absolute atomic E-state index is 13.0. The lowest BCUT2D eigenvalue weighted by Gasteiger charge is -2.37. The van der Waals surface area contributed by atoms with Crippen LogP contribution >= 0.6 is 0 Å². The van der Waals surface area contributed by atoms with Gasteiger partial charge in [0.05, 0.1) is 19.1 Å². The summed E-state index contributed by atoms with van der Waals surface area (Å²) in [5.74, 6) is 0.930. The molecule has 132 valence electrons. The topological polar surface area (TPSA) is 59.6 Å². The second kappa shape index (κ2) is 7.11. The number of ether oxygens (including phenoxy) is 2. The normalized spacial score (nSPS) is 21.1. The highest BCUT2D eigenvalue weighted by atomic mass is 16.5. The van der Waals surface area contributed by atoms with Crippen LogP contribution in [0.15, 0.2) is 24.3 Å². The molecular formula is C19H28N2O3. The molecule has 0 unspecified atom stereocenters. The van der Waals surface area contributed by atoms with Gasteiger partial charge in [0.15, 0.2) is 0 Å². The number of carbonyl (C=O) groups is 1. The van der Waals surface area contributed by atoms with E-state index in [4.69, 9.17) is 9.47 Å². The third-order valence-corrected chi connectivity index (χ3v) is 5.55. The fourth-order valence-corrected chi connectivity index (χ4v) is 3.86. The monoisotopic (exact) mass is 332 g/mol. The van der Waals surface area contributed by atoms with Crippen molar-refractivity contribution in [3.05, 3.63) is 29.8 Å². The fraction of sp³-hybridized carbons (Fsp3) is 0.632. The summed E-state index contributed by atoms with van der Waals surface area (Å²) in [6.45, 7) is 3.34. The van der Waals surface area contributed by atoms with Gasteiger partial charge in [0, 0.05) is 24.6 Å². The molecule has 5 nitrogen and oxygen atoms in total. The van der Waals surface area contributed by atoms with Gasteiger partial charge in [-0.05, 0) is 44.8 Å². The van der Waals surface area contributed by atoms with Crippen molar-refractivity contribution in [2.45, 2.75) is 31.1 Å². The number of piperidine rings is 1. The largest absolute Gasteiger partial charge is 0.496 e. The molecule has 1 saturated heterocycles. The standard InChI is InChI=1S/C19H28N2O3/c1-23-14-18(9-11-20-12-10-18)13-21-17(22)19(7-8-19)15-5-3-4-6-16(15)24-2/h3-6,20H,7-14H2,1-2H3,(H,21,22). The lowest BCUT2D eigenvalue weighted by molar-refractivity contribution is -0.124. The van der Waals surface area contributed by atoms with Gasteiger partial charge < -0.3 is 20.1 Å². The maximum Gasteiger partial charge on any atom is 0.230 e. The highest BCUT2D eigenvalue weighted by Gasteiger charge is 2.53. The van der Waals surface area contributed by atoms with E-state index in [1.807, 2.05) is 24.3 Å². The van der Waals surface area contributed by atoms with Gasteiger partial charge >= 0.3 is 0 Å². The molecule has 0 aromatic heterocycles. The van der Waals surface area contributed by atoms with Crippen molar-refractivity contribution in [1.29, 1.82) is 0 Å². The van der Waals surface area contributed by atoms with Crippen LogP contribution in [0.25, 0.3) is 0 Å². The summed E-state index contributed by atoms with van der Waals surface area (Å²) >= 11 is 0. The molecule has 2 fully saturated rings. The number of benzene rings is 1. The lowest BCUT2D eigenvalue weighted by atomic mass is 9.79. The number of nitrogens with one attached hydrogen (secondary N) is 2. The Bertz CT molecular complexity index is 572. The van der Waals surface area contributed by atoms with Crippen LogP contribution < -0.4 is 15.4 Å². The number of carbonyl (C=O) groups excluding carboxylic acids is 1. The molecule has 0 spiro atoms. The molecule has 2 N–H and O–H groups in total. The predicted octanol–water partition coefficient (Wildman–Crippen LogP) is 1.86. The van der Waals surface area contributed by atoms with E-state index in [2.05, 4.69) is 10.6 Å². The molecule has 5 heteroatoms. The van der Waals surface area contributed by atoms with Gasteiger partial charge in [-0.15, -0.1) is 0 Å². The van der Waals surface area contributed by atoms with Gasteiger partial charge in [0.25, 0.3) is 0 Å². The summed E-state index contributed by atoms with van der Waals surface area (Å²) in [7, 11) is 3.40. The van der Waals surface area contributed by atoms with Gasteiger partial charge in [-0.25, -0.2) is 0 Å². The van der Waals surface area contributed by atoms with Gasteiger partial charge in [0.1, 0.15) is 5.75 Å². The second-order valence-electron chi connectivity index (χ2n) is 7.15. The minimum Gasteiger partial charge on any atom is -0.496 e. The lowest BCUT2D eigenvalue weighted by Crippen LogP contribution is -2.49. The molecule has 1 aromatic rings. The van der Waals surface area contributed by atoms with Crippen LogP contribution in [0, 0.1) is 5.41 Å². The number of hydrogen-bond acceptors (Lipinski definition) is 4. The summed E-state index contributed by atoms with van der Waals surface area (Å²) in [6, 6.07) is 7.87. The molecular weight excluding hydrogens is 304 g/mol. The summed E-state index contributed by atoms with van der Waals surface area (Å²) in [5.41, 5.74) is 0.649. The second-order valence-corrected chi connectivity index (χ2v) is 7.15. The zero-order valence-electron chi connectivity index (χ0n) is 14.7. The Morgan fingerprint density at radius 1 is 1.17 bits per heavy atom. The molecule has 1 heterocycles. The van der Waals surface area contributed by atoms with Crippen LogP contribution in [0.2, 0.25) is 0 Å². The minimum absolute atomic E-state index is 0.0481. The summed E-state index contributed by atoms with van der Waals surface area (Å²) in [6.07, 6.45) is 3.83. The molecule has 0 atom stereocenters. The van der Waals surface area contributed by atoms with E-state index in [1.54, 1.807) is 14.2 Å². The summed E-state index contributed by atoms with van der Waals surface area (Å²) < 4.78 is 10.9. The molecule has 0 radical (unpaired) electrons. The van der Waals surface area contributed by atoms with Crippen LogP contribution in [0.4, 0.5) is 0 Å². The van der Waals surface area contributed by atoms with Crippen molar-refractivity contribution in [3.8, 4) is 5.75 Å². The van der Waals surface area contributed by atoms with Crippen LogP contribution in [-0.2, 0) is 14.9 Å². The quantitative estimate of drug-likeness (QED) is 0.800. The molecule has 1 amide bonds. The van der Waals surface area contributed by atoms with Crippen LogP contribution in [0.3, 0.4) is 0 Å². The molecule has 3 rings (SSSR count). The molecule has 1 aliphatic heterocycles. The first kappa shape index (κ1) is 17.2. The van der Waals surface area contributed by atoms with Gasteiger partial charge in [0.2, 0.25) is 5.91 Å². The van der Waals surface area contributed by atoms with Gasteiger partial charge in [-0.2, -0.15) is 0 Å². The highest BCUT2D eigenvalue weighted by Crippen LogP contribution is 2.51. The number of rotatable bonds is 7. The van der Waals surface area contributed by atoms with E-state index in [0.29, 0.717) is 13.2 Å². The fourth-order valence-electron chi connectivity index (χ4n) is 3.86. The average molecular weight is 332 g/mol. The van der Waals surface area contributed by atoms with Crippen molar-refractivity contribution in [3.63, 3.8) is 0 Å². The van der Waals surface area contributed by atoms with Gasteiger partial charge in [-0.3, -0.25) is 4.79 Å². The zero-order valence-corrected chi connectivity index (χ0v) is 14.7. The van der Waals surface area contributed by atoms with E-state index in [-0.39, 0.29) is 11.3 Å². The number of methoxy groups -OCH3 is 2. The number of para-hydroxylation sites is 1. The van der Waals surface area contributed by atoms with Crippen LogP contribution in [0.1, 0.15) is 31.2 Å². The molecule has 1 aliphatic carbocycles. The van der Waals surface area contributed by atoms with Crippen molar-refractivity contribution in [1.82, 2.24) is 10.6 Å². The predicted molar refractivity (Wildman–Crippen MR) is 93.3 cm³/mol. The summed E-state index contributed by atoms with van der Waals surface area (Å²) in [4.78, 5) is 13.0. The van der Waals surface area contributed by atoms with E-state index in [1.165, 1.54) is 0 Å². The summed E-state index contributed by atoms with van der Waals surface area (Å²) in [5, 5.41) is 6.61. The molecule has 1 saturated carbocycles. The van der Waals surface area contributed by atoms with E-state index >= 15 is 0 Å².